The van der Waals surface area contributed by atoms with E-state index >= 15 is 0 Å². The second kappa shape index (κ2) is 8.54. The quantitative estimate of drug-likeness (QED) is 0.597. The molecule has 0 saturated heterocycles. The second-order valence-electron chi connectivity index (χ2n) is 9.52. The summed E-state index contributed by atoms with van der Waals surface area (Å²) >= 11 is 0. The van der Waals surface area contributed by atoms with Crippen molar-refractivity contribution in [3.63, 3.8) is 0 Å². The SMILES string of the molecule is O=C(O)CC1(NC(=O)[C@@H]2CC[C@H](NC(=O)OCC3c4ccccc4-c4ccccc43)C2)CC1. The first-order chi connectivity index (χ1) is 15.9. The molecule has 0 unspecified atom stereocenters. The summed E-state index contributed by atoms with van der Waals surface area (Å²) in [5.41, 5.74) is 4.13. The lowest BCUT2D eigenvalue weighted by atomic mass is 9.98. The molecule has 2 amide bonds. The van der Waals surface area contributed by atoms with Crippen LogP contribution >= 0.6 is 0 Å². The molecular formula is C26H28N2O5. The van der Waals surface area contributed by atoms with Crippen LogP contribution < -0.4 is 10.6 Å². The van der Waals surface area contributed by atoms with Gasteiger partial charge in [0.25, 0.3) is 0 Å². The Morgan fingerprint density at radius 1 is 0.970 bits per heavy atom. The van der Waals surface area contributed by atoms with Crippen molar-refractivity contribution < 1.29 is 24.2 Å². The third kappa shape index (κ3) is 4.45. The van der Waals surface area contributed by atoms with Crippen LogP contribution in [0, 0.1) is 5.92 Å². The van der Waals surface area contributed by atoms with Crippen LogP contribution in [0.25, 0.3) is 11.1 Å². The molecule has 0 spiro atoms. The maximum absolute atomic E-state index is 12.6. The molecule has 7 nitrogen and oxygen atoms in total. The maximum atomic E-state index is 12.6. The largest absolute Gasteiger partial charge is 0.481 e. The van der Waals surface area contributed by atoms with Crippen LogP contribution in [0.2, 0.25) is 0 Å². The number of carboxylic acids is 1. The van der Waals surface area contributed by atoms with E-state index in [4.69, 9.17) is 9.84 Å². The van der Waals surface area contributed by atoms with Gasteiger partial charge in [0.05, 0.1) is 12.0 Å². The third-order valence-corrected chi connectivity index (χ3v) is 7.20. The lowest BCUT2D eigenvalue weighted by Gasteiger charge is -2.19. The highest BCUT2D eigenvalue weighted by Gasteiger charge is 2.47. The Morgan fingerprint density at radius 2 is 1.61 bits per heavy atom. The molecule has 5 rings (SSSR count). The van der Waals surface area contributed by atoms with Gasteiger partial charge >= 0.3 is 12.1 Å². The topological polar surface area (TPSA) is 105 Å². The summed E-state index contributed by atoms with van der Waals surface area (Å²) in [4.78, 5) is 36.1. The van der Waals surface area contributed by atoms with Gasteiger partial charge in [-0.25, -0.2) is 4.79 Å². The minimum atomic E-state index is -0.894. The third-order valence-electron chi connectivity index (χ3n) is 7.20. The Labute approximate surface area is 192 Å². The first kappa shape index (κ1) is 21.5. The van der Waals surface area contributed by atoms with E-state index in [-0.39, 0.29) is 36.8 Å². The van der Waals surface area contributed by atoms with E-state index < -0.39 is 17.6 Å². The van der Waals surface area contributed by atoms with E-state index in [2.05, 4.69) is 34.9 Å². The summed E-state index contributed by atoms with van der Waals surface area (Å²) < 4.78 is 5.62. The van der Waals surface area contributed by atoms with Gasteiger partial charge in [-0.15, -0.1) is 0 Å². The minimum absolute atomic E-state index is 0.00854. The van der Waals surface area contributed by atoms with Gasteiger partial charge in [0.1, 0.15) is 6.61 Å². The zero-order chi connectivity index (χ0) is 23.0. The van der Waals surface area contributed by atoms with Crippen molar-refractivity contribution in [2.24, 2.45) is 5.92 Å². The van der Waals surface area contributed by atoms with Gasteiger partial charge in [-0.2, -0.15) is 0 Å². The van der Waals surface area contributed by atoms with Gasteiger partial charge < -0.3 is 20.5 Å². The van der Waals surface area contributed by atoms with Crippen molar-refractivity contribution in [1.82, 2.24) is 10.6 Å². The predicted molar refractivity (Wildman–Crippen MR) is 122 cm³/mol. The molecule has 0 heterocycles. The van der Waals surface area contributed by atoms with Gasteiger partial charge in [-0.05, 0) is 54.4 Å². The average Bonchev–Trinajstić information content (AvgIpc) is 3.24. The predicted octanol–water partition coefficient (Wildman–Crippen LogP) is 3.82. The highest BCUT2D eigenvalue weighted by molar-refractivity contribution is 5.82. The molecule has 7 heteroatoms. The lowest BCUT2D eigenvalue weighted by molar-refractivity contribution is -0.138. The Kier molecular flexibility index (Phi) is 5.56. The van der Waals surface area contributed by atoms with Gasteiger partial charge in [-0.1, -0.05) is 48.5 Å². The van der Waals surface area contributed by atoms with E-state index in [1.54, 1.807) is 0 Å². The summed E-state index contributed by atoms with van der Waals surface area (Å²) in [7, 11) is 0. The smallest absolute Gasteiger partial charge is 0.407 e. The number of nitrogens with one attached hydrogen (secondary N) is 2. The number of alkyl carbamates (subject to hydrolysis) is 1. The number of fused-ring (bicyclic) bond motifs is 3. The van der Waals surface area contributed by atoms with Crippen molar-refractivity contribution >= 4 is 18.0 Å². The number of aliphatic carboxylic acids is 1. The number of carbonyl (C=O) groups is 3. The molecule has 2 aromatic carbocycles. The van der Waals surface area contributed by atoms with Gasteiger partial charge in [0.15, 0.2) is 0 Å². The molecule has 0 bridgehead atoms. The zero-order valence-electron chi connectivity index (χ0n) is 18.4. The van der Waals surface area contributed by atoms with Crippen molar-refractivity contribution in [2.75, 3.05) is 6.61 Å². The van der Waals surface area contributed by atoms with Crippen molar-refractivity contribution in [1.29, 1.82) is 0 Å². The van der Waals surface area contributed by atoms with Crippen molar-refractivity contribution in [2.45, 2.75) is 56.0 Å². The van der Waals surface area contributed by atoms with Crippen LogP contribution in [-0.4, -0.2) is 41.3 Å². The molecule has 2 saturated carbocycles. The molecule has 0 radical (unpaired) electrons. The highest BCUT2D eigenvalue weighted by Crippen LogP contribution is 2.44. The molecule has 172 valence electrons. The Bertz CT molecular complexity index is 1050. The molecular weight excluding hydrogens is 420 g/mol. The number of hydrogen-bond acceptors (Lipinski definition) is 4. The number of carboxylic acid groups (broad SMARTS) is 1. The molecule has 0 aromatic heterocycles. The second-order valence-corrected chi connectivity index (χ2v) is 9.52. The van der Waals surface area contributed by atoms with E-state index in [1.165, 1.54) is 22.3 Å². The standard InChI is InChI=1S/C26H28N2O5/c29-23(30)14-26(11-12-26)28-24(31)16-9-10-17(13-16)27-25(32)33-15-22-20-7-3-1-5-18(20)19-6-2-4-8-21(19)22/h1-8,16-17,22H,9-15H2,(H,27,32)(H,28,31)(H,29,30)/t16-,17+/m1/s1. The first-order valence-electron chi connectivity index (χ1n) is 11.6. The summed E-state index contributed by atoms with van der Waals surface area (Å²) in [6, 6.07) is 16.3. The van der Waals surface area contributed by atoms with Crippen molar-refractivity contribution in [3.8, 4) is 11.1 Å². The first-order valence-corrected chi connectivity index (χ1v) is 11.6. The fraction of sp³-hybridized carbons (Fsp3) is 0.423. The summed E-state index contributed by atoms with van der Waals surface area (Å²) in [5.74, 6) is -1.20. The van der Waals surface area contributed by atoms with Gasteiger partial charge in [0.2, 0.25) is 5.91 Å². The number of carbonyl (C=O) groups excluding carboxylic acids is 2. The Hall–Kier alpha value is -3.35. The molecule has 2 fully saturated rings. The number of amides is 2. The monoisotopic (exact) mass is 448 g/mol. The van der Waals surface area contributed by atoms with Gasteiger partial charge in [0, 0.05) is 17.9 Å². The summed E-state index contributed by atoms with van der Waals surface area (Å²) in [6.45, 7) is 0.258. The van der Waals surface area contributed by atoms with E-state index in [1.807, 2.05) is 24.3 Å². The normalized spacial score (nSPS) is 22.2. The minimum Gasteiger partial charge on any atom is -0.481 e. The fourth-order valence-electron chi connectivity index (χ4n) is 5.31. The summed E-state index contributed by atoms with van der Waals surface area (Å²) in [6.07, 6.45) is 2.83. The maximum Gasteiger partial charge on any atom is 0.407 e. The van der Waals surface area contributed by atoms with E-state index in [0.717, 1.165) is 0 Å². The average molecular weight is 449 g/mol. The van der Waals surface area contributed by atoms with E-state index in [0.29, 0.717) is 32.1 Å². The number of benzene rings is 2. The van der Waals surface area contributed by atoms with Crippen LogP contribution in [0.1, 0.15) is 55.6 Å². The van der Waals surface area contributed by atoms with Crippen LogP contribution in [-0.2, 0) is 14.3 Å². The molecule has 0 aliphatic heterocycles. The molecule has 2 aromatic rings. The molecule has 3 aliphatic rings. The van der Waals surface area contributed by atoms with E-state index in [9.17, 15) is 14.4 Å². The number of ether oxygens (including phenoxy) is 1. The van der Waals surface area contributed by atoms with Crippen LogP contribution in [0.15, 0.2) is 48.5 Å². The van der Waals surface area contributed by atoms with Crippen LogP contribution in [0.3, 0.4) is 0 Å². The molecule has 2 atom stereocenters. The Balaban J connectivity index is 1.13. The molecule has 3 aliphatic carbocycles. The lowest BCUT2D eigenvalue weighted by Crippen LogP contribution is -2.42. The van der Waals surface area contributed by atoms with Crippen LogP contribution in [0.4, 0.5) is 4.79 Å². The van der Waals surface area contributed by atoms with Gasteiger partial charge in [-0.3, -0.25) is 9.59 Å². The van der Waals surface area contributed by atoms with Crippen LogP contribution in [0.5, 0.6) is 0 Å². The highest BCUT2D eigenvalue weighted by atomic mass is 16.5. The van der Waals surface area contributed by atoms with Crippen molar-refractivity contribution in [3.05, 3.63) is 59.7 Å². The zero-order valence-corrected chi connectivity index (χ0v) is 18.4. The summed E-state index contributed by atoms with van der Waals surface area (Å²) in [5, 5.41) is 14.9. The molecule has 3 N–H and O–H groups in total. The number of hydrogen-bond donors (Lipinski definition) is 3. The Morgan fingerprint density at radius 3 is 2.21 bits per heavy atom. The molecule has 33 heavy (non-hydrogen) atoms. The number of rotatable bonds is 7. The fourth-order valence-corrected chi connectivity index (χ4v) is 5.31.